The zero-order valence-electron chi connectivity index (χ0n) is 18.7. The first kappa shape index (κ1) is 22.6. The second kappa shape index (κ2) is 9.50. The van der Waals surface area contributed by atoms with Crippen molar-refractivity contribution >= 4 is 15.8 Å². The maximum Gasteiger partial charge on any atom is 0.263 e. The molecule has 4 rings (SSSR count). The Hall–Kier alpha value is -3.58. The van der Waals surface area contributed by atoms with Gasteiger partial charge in [0.2, 0.25) is 0 Å². The van der Waals surface area contributed by atoms with E-state index in [4.69, 9.17) is 0 Å². The van der Waals surface area contributed by atoms with Gasteiger partial charge in [-0.05, 0) is 73.4 Å². The Balaban J connectivity index is 1.72. The molecular formula is C26H27N3O3S. The number of hydrogen-bond acceptors (Lipinski definition) is 4. The second-order valence-electron chi connectivity index (χ2n) is 8.01. The molecule has 0 saturated heterocycles. The van der Waals surface area contributed by atoms with Crippen LogP contribution in [-0.2, 0) is 16.4 Å². The quantitative estimate of drug-likeness (QED) is 0.353. The summed E-state index contributed by atoms with van der Waals surface area (Å²) in [5.41, 5.74) is 4.20. The van der Waals surface area contributed by atoms with Gasteiger partial charge in [-0.1, -0.05) is 43.7 Å². The summed E-state index contributed by atoms with van der Waals surface area (Å²) in [7, 11) is -3.82. The first-order valence-corrected chi connectivity index (χ1v) is 12.4. The summed E-state index contributed by atoms with van der Waals surface area (Å²) in [5.74, 6) is 0.489. The molecule has 0 atom stereocenters. The van der Waals surface area contributed by atoms with Crippen LogP contribution in [-0.4, -0.2) is 23.3 Å². The number of aromatic nitrogens is 2. The van der Waals surface area contributed by atoms with Crippen LogP contribution >= 0.6 is 0 Å². The summed E-state index contributed by atoms with van der Waals surface area (Å²) in [6.07, 6.45) is 3.09. The molecule has 1 heterocycles. The molecule has 2 N–H and O–H groups in total. The number of phenols is 1. The lowest BCUT2D eigenvalue weighted by molar-refractivity contribution is 0.475. The third-order valence-electron chi connectivity index (χ3n) is 5.51. The number of aryl methyl sites for hydroxylation is 2. The zero-order valence-corrected chi connectivity index (χ0v) is 19.5. The Kier molecular flexibility index (Phi) is 6.51. The van der Waals surface area contributed by atoms with Crippen molar-refractivity contribution in [1.82, 2.24) is 9.78 Å². The summed E-state index contributed by atoms with van der Waals surface area (Å²) < 4.78 is 30.7. The molecule has 33 heavy (non-hydrogen) atoms. The van der Waals surface area contributed by atoms with Crippen molar-refractivity contribution in [2.24, 2.45) is 0 Å². The van der Waals surface area contributed by atoms with Gasteiger partial charge in [-0.3, -0.25) is 4.72 Å². The van der Waals surface area contributed by atoms with Crippen molar-refractivity contribution in [3.05, 3.63) is 90.0 Å². The Morgan fingerprint density at radius 2 is 1.67 bits per heavy atom. The Morgan fingerprint density at radius 3 is 2.33 bits per heavy atom. The number of benzene rings is 3. The van der Waals surface area contributed by atoms with Gasteiger partial charge >= 0.3 is 0 Å². The smallest absolute Gasteiger partial charge is 0.263 e. The molecular weight excluding hydrogens is 434 g/mol. The second-order valence-corrected chi connectivity index (χ2v) is 9.70. The van der Waals surface area contributed by atoms with Crippen LogP contribution in [0.2, 0.25) is 0 Å². The average molecular weight is 462 g/mol. The SMILES string of the molecule is CCCCc1ccc(S(=O)(=O)Nc2cc(-c3ccc(O)cc3)nn2-c2ccccc2C)cc1. The number of anilines is 1. The van der Waals surface area contributed by atoms with Crippen molar-refractivity contribution < 1.29 is 13.5 Å². The van der Waals surface area contributed by atoms with E-state index in [0.29, 0.717) is 11.5 Å². The molecule has 0 fully saturated rings. The van der Waals surface area contributed by atoms with Crippen molar-refractivity contribution in [3.63, 3.8) is 0 Å². The molecule has 0 aliphatic heterocycles. The molecule has 0 radical (unpaired) electrons. The maximum absolute atomic E-state index is 13.2. The minimum atomic E-state index is -3.82. The highest BCUT2D eigenvalue weighted by Crippen LogP contribution is 2.29. The highest BCUT2D eigenvalue weighted by atomic mass is 32.2. The summed E-state index contributed by atoms with van der Waals surface area (Å²) in [6.45, 7) is 4.08. The monoisotopic (exact) mass is 461 g/mol. The van der Waals surface area contributed by atoms with Gasteiger partial charge in [0.25, 0.3) is 10.0 Å². The van der Waals surface area contributed by atoms with E-state index in [1.54, 1.807) is 47.1 Å². The largest absolute Gasteiger partial charge is 0.508 e. The maximum atomic E-state index is 13.2. The lowest BCUT2D eigenvalue weighted by Crippen LogP contribution is -2.16. The highest BCUT2D eigenvalue weighted by molar-refractivity contribution is 7.92. The molecule has 0 amide bonds. The third-order valence-corrected chi connectivity index (χ3v) is 6.88. The van der Waals surface area contributed by atoms with E-state index in [9.17, 15) is 13.5 Å². The van der Waals surface area contributed by atoms with Gasteiger partial charge in [0.05, 0.1) is 16.3 Å². The van der Waals surface area contributed by atoms with Gasteiger partial charge in [0, 0.05) is 11.6 Å². The zero-order chi connectivity index (χ0) is 23.4. The molecule has 0 bridgehead atoms. The molecule has 3 aromatic carbocycles. The standard InChI is InChI=1S/C26H27N3O3S/c1-3-4-8-20-10-16-23(17-11-20)33(31,32)28-26-18-24(21-12-14-22(30)15-13-21)27-29(26)25-9-6-5-7-19(25)2/h5-7,9-18,28,30H,3-4,8H2,1-2H3. The predicted molar refractivity (Wildman–Crippen MR) is 131 cm³/mol. The summed E-state index contributed by atoms with van der Waals surface area (Å²) in [6, 6.07) is 23.0. The lowest BCUT2D eigenvalue weighted by atomic mass is 10.1. The van der Waals surface area contributed by atoms with Crippen molar-refractivity contribution in [1.29, 1.82) is 0 Å². The fraction of sp³-hybridized carbons (Fsp3) is 0.192. The van der Waals surface area contributed by atoms with Crippen LogP contribution in [0, 0.1) is 6.92 Å². The normalized spacial score (nSPS) is 11.5. The molecule has 7 heteroatoms. The highest BCUT2D eigenvalue weighted by Gasteiger charge is 2.20. The van der Waals surface area contributed by atoms with Crippen molar-refractivity contribution in [2.75, 3.05) is 4.72 Å². The fourth-order valence-electron chi connectivity index (χ4n) is 3.62. The van der Waals surface area contributed by atoms with Crippen LogP contribution in [0.1, 0.15) is 30.9 Å². The molecule has 0 aliphatic rings. The van der Waals surface area contributed by atoms with E-state index in [1.165, 1.54) is 0 Å². The number of unbranched alkanes of at least 4 members (excludes halogenated alkanes) is 1. The number of rotatable bonds is 8. The molecule has 170 valence electrons. The van der Waals surface area contributed by atoms with E-state index in [2.05, 4.69) is 16.7 Å². The van der Waals surface area contributed by atoms with Crippen LogP contribution < -0.4 is 4.72 Å². The van der Waals surface area contributed by atoms with Crippen molar-refractivity contribution in [3.8, 4) is 22.7 Å². The fourth-order valence-corrected chi connectivity index (χ4v) is 4.66. The van der Waals surface area contributed by atoms with Crippen LogP contribution in [0.5, 0.6) is 5.75 Å². The van der Waals surface area contributed by atoms with Crippen LogP contribution in [0.25, 0.3) is 16.9 Å². The van der Waals surface area contributed by atoms with E-state index >= 15 is 0 Å². The molecule has 0 saturated carbocycles. The molecule has 0 spiro atoms. The van der Waals surface area contributed by atoms with E-state index < -0.39 is 10.0 Å². The third kappa shape index (κ3) is 5.09. The van der Waals surface area contributed by atoms with Gasteiger partial charge in [-0.25, -0.2) is 13.1 Å². The van der Waals surface area contributed by atoms with Crippen LogP contribution in [0.4, 0.5) is 5.82 Å². The van der Waals surface area contributed by atoms with Crippen LogP contribution in [0.3, 0.4) is 0 Å². The number of nitrogens with one attached hydrogen (secondary N) is 1. The number of phenolic OH excluding ortho intramolecular Hbond substituents is 1. The number of nitrogens with zero attached hydrogens (tertiary/aromatic N) is 2. The average Bonchev–Trinajstić information content (AvgIpc) is 3.21. The Morgan fingerprint density at radius 1 is 0.970 bits per heavy atom. The minimum Gasteiger partial charge on any atom is -0.508 e. The van der Waals surface area contributed by atoms with E-state index in [1.807, 2.05) is 43.3 Å². The minimum absolute atomic E-state index is 0.153. The van der Waals surface area contributed by atoms with Gasteiger partial charge in [-0.15, -0.1) is 0 Å². The summed E-state index contributed by atoms with van der Waals surface area (Å²) in [4.78, 5) is 0.200. The van der Waals surface area contributed by atoms with Gasteiger partial charge in [0.15, 0.2) is 0 Å². The number of hydrogen-bond donors (Lipinski definition) is 2. The van der Waals surface area contributed by atoms with E-state index in [0.717, 1.165) is 41.6 Å². The predicted octanol–water partition coefficient (Wildman–Crippen LogP) is 5.70. The van der Waals surface area contributed by atoms with Gasteiger partial charge < -0.3 is 5.11 Å². The number of sulfonamides is 1. The van der Waals surface area contributed by atoms with Gasteiger partial charge in [-0.2, -0.15) is 5.10 Å². The lowest BCUT2D eigenvalue weighted by Gasteiger charge is -2.12. The van der Waals surface area contributed by atoms with E-state index in [-0.39, 0.29) is 10.6 Å². The van der Waals surface area contributed by atoms with Gasteiger partial charge in [0.1, 0.15) is 11.6 Å². The van der Waals surface area contributed by atoms with Crippen LogP contribution in [0.15, 0.2) is 83.8 Å². The summed E-state index contributed by atoms with van der Waals surface area (Å²) in [5, 5.41) is 14.3. The first-order valence-electron chi connectivity index (χ1n) is 10.9. The molecule has 0 aliphatic carbocycles. The number of para-hydroxylation sites is 1. The summed E-state index contributed by atoms with van der Waals surface area (Å²) >= 11 is 0. The Bertz CT molecular complexity index is 1340. The molecule has 4 aromatic rings. The topological polar surface area (TPSA) is 84.2 Å². The molecule has 1 aromatic heterocycles. The molecule has 6 nitrogen and oxygen atoms in total. The molecule has 0 unspecified atom stereocenters. The number of aromatic hydroxyl groups is 1. The first-order chi connectivity index (χ1) is 15.9. The Labute approximate surface area is 194 Å². The van der Waals surface area contributed by atoms with Crippen molar-refractivity contribution in [2.45, 2.75) is 38.0 Å².